The first-order valence-corrected chi connectivity index (χ1v) is 9.40. The minimum atomic E-state index is 0.549. The van der Waals surface area contributed by atoms with Crippen LogP contribution in [0.25, 0.3) is 33.6 Å². The van der Waals surface area contributed by atoms with Gasteiger partial charge in [0.05, 0.1) is 0 Å². The molecule has 1 saturated heterocycles. The molecule has 3 aromatic carbocycles. The maximum absolute atomic E-state index is 5.52. The molecule has 0 spiro atoms. The third kappa shape index (κ3) is 3.02. The van der Waals surface area contributed by atoms with E-state index in [-0.39, 0.29) is 0 Å². The molecule has 4 nitrogen and oxygen atoms in total. The van der Waals surface area contributed by atoms with Crippen LogP contribution in [0.15, 0.2) is 71.3 Å². The van der Waals surface area contributed by atoms with Crippen LogP contribution in [0.1, 0.15) is 12.5 Å². The number of nitrogens with zero attached hydrogens (tertiary/aromatic N) is 3. The number of fused-ring (bicyclic) bond motifs is 1. The number of rotatable bonds is 4. The van der Waals surface area contributed by atoms with Gasteiger partial charge in [-0.3, -0.25) is 4.90 Å². The standard InChI is InChI=1S/C23H21N3O/c1-16-13-26(14-16)15-18-11-12-21(20-10-6-5-9-19(18)20)22-24-23(27-25-22)17-7-3-2-4-8-17/h2-12,16H,13-15H2,1H3. The molecule has 0 saturated carbocycles. The van der Waals surface area contributed by atoms with Crippen molar-refractivity contribution in [2.75, 3.05) is 13.1 Å². The summed E-state index contributed by atoms with van der Waals surface area (Å²) in [5, 5.41) is 6.68. The van der Waals surface area contributed by atoms with Gasteiger partial charge in [-0.15, -0.1) is 0 Å². The summed E-state index contributed by atoms with van der Waals surface area (Å²) in [5.41, 5.74) is 3.30. The Kier molecular flexibility index (Phi) is 3.98. The van der Waals surface area contributed by atoms with Gasteiger partial charge in [0, 0.05) is 30.8 Å². The largest absolute Gasteiger partial charge is 0.334 e. The van der Waals surface area contributed by atoms with Crippen LogP contribution in [-0.4, -0.2) is 28.1 Å². The maximum Gasteiger partial charge on any atom is 0.258 e. The lowest BCUT2D eigenvalue weighted by atomic mass is 9.96. The normalized spacial score (nSPS) is 15.1. The number of likely N-dealkylation sites (tertiary alicyclic amines) is 1. The topological polar surface area (TPSA) is 42.2 Å². The first kappa shape index (κ1) is 16.2. The Morgan fingerprint density at radius 3 is 2.44 bits per heavy atom. The molecule has 0 aliphatic carbocycles. The Labute approximate surface area is 158 Å². The molecule has 4 aromatic rings. The molecule has 134 valence electrons. The molecule has 1 fully saturated rings. The highest BCUT2D eigenvalue weighted by Gasteiger charge is 2.23. The van der Waals surface area contributed by atoms with E-state index in [4.69, 9.17) is 4.52 Å². The highest BCUT2D eigenvalue weighted by Crippen LogP contribution is 2.32. The van der Waals surface area contributed by atoms with Crippen LogP contribution in [0.2, 0.25) is 0 Å². The Morgan fingerprint density at radius 2 is 1.67 bits per heavy atom. The average molecular weight is 355 g/mol. The highest BCUT2D eigenvalue weighted by atomic mass is 16.5. The van der Waals surface area contributed by atoms with Crippen molar-refractivity contribution in [3.05, 3.63) is 72.3 Å². The van der Waals surface area contributed by atoms with Crippen molar-refractivity contribution in [1.29, 1.82) is 0 Å². The van der Waals surface area contributed by atoms with E-state index in [0.717, 1.165) is 23.6 Å². The molecule has 4 heteroatoms. The fourth-order valence-corrected chi connectivity index (χ4v) is 3.92. The molecule has 0 N–H and O–H groups in total. The monoisotopic (exact) mass is 355 g/mol. The van der Waals surface area contributed by atoms with Gasteiger partial charge >= 0.3 is 0 Å². The minimum absolute atomic E-state index is 0.549. The van der Waals surface area contributed by atoms with Gasteiger partial charge in [-0.05, 0) is 34.4 Å². The molecule has 27 heavy (non-hydrogen) atoms. The Bertz CT molecular complexity index is 1080. The van der Waals surface area contributed by atoms with Gasteiger partial charge in [0.1, 0.15) is 0 Å². The Morgan fingerprint density at radius 1 is 0.926 bits per heavy atom. The molecule has 5 rings (SSSR count). The highest BCUT2D eigenvalue weighted by molar-refractivity contribution is 5.97. The molecule has 1 aromatic heterocycles. The van der Waals surface area contributed by atoms with Crippen LogP contribution in [0.3, 0.4) is 0 Å². The first-order valence-electron chi connectivity index (χ1n) is 9.40. The smallest absolute Gasteiger partial charge is 0.258 e. The quantitative estimate of drug-likeness (QED) is 0.516. The fraction of sp³-hybridized carbons (Fsp3) is 0.217. The zero-order valence-electron chi connectivity index (χ0n) is 15.3. The van der Waals surface area contributed by atoms with Crippen molar-refractivity contribution in [1.82, 2.24) is 15.0 Å². The third-order valence-electron chi connectivity index (χ3n) is 5.24. The molecule has 0 radical (unpaired) electrons. The van der Waals surface area contributed by atoms with E-state index in [1.807, 2.05) is 30.3 Å². The summed E-state index contributed by atoms with van der Waals surface area (Å²) in [5.74, 6) is 1.99. The van der Waals surface area contributed by atoms with Gasteiger partial charge in [0.25, 0.3) is 5.89 Å². The number of benzene rings is 3. The van der Waals surface area contributed by atoms with Gasteiger partial charge in [-0.2, -0.15) is 4.98 Å². The zero-order chi connectivity index (χ0) is 18.2. The summed E-state index contributed by atoms with van der Waals surface area (Å²) >= 11 is 0. The second-order valence-corrected chi connectivity index (χ2v) is 7.41. The number of hydrogen-bond donors (Lipinski definition) is 0. The molecule has 0 amide bonds. The van der Waals surface area contributed by atoms with Crippen LogP contribution in [0.4, 0.5) is 0 Å². The van der Waals surface area contributed by atoms with Gasteiger partial charge < -0.3 is 4.52 Å². The molecule has 0 atom stereocenters. The first-order chi connectivity index (χ1) is 13.3. The summed E-state index contributed by atoms with van der Waals surface area (Å²) in [6.45, 7) is 5.66. The summed E-state index contributed by atoms with van der Waals surface area (Å²) in [6, 6.07) is 22.7. The summed E-state index contributed by atoms with van der Waals surface area (Å²) < 4.78 is 5.52. The van der Waals surface area contributed by atoms with Crippen LogP contribution in [-0.2, 0) is 6.54 Å². The molecular weight excluding hydrogens is 334 g/mol. The van der Waals surface area contributed by atoms with Crippen molar-refractivity contribution >= 4 is 10.8 Å². The number of aromatic nitrogens is 2. The lowest BCUT2D eigenvalue weighted by Crippen LogP contribution is -2.44. The van der Waals surface area contributed by atoms with E-state index < -0.39 is 0 Å². The van der Waals surface area contributed by atoms with Gasteiger partial charge in [0.15, 0.2) is 0 Å². The van der Waals surface area contributed by atoms with Crippen LogP contribution in [0.5, 0.6) is 0 Å². The van der Waals surface area contributed by atoms with E-state index in [1.165, 1.54) is 29.4 Å². The summed E-state index contributed by atoms with van der Waals surface area (Å²) in [6.07, 6.45) is 0. The molecule has 1 aliphatic heterocycles. The second kappa shape index (κ2) is 6.63. The van der Waals surface area contributed by atoms with Crippen molar-refractivity contribution in [2.45, 2.75) is 13.5 Å². The van der Waals surface area contributed by atoms with Gasteiger partial charge in [0.2, 0.25) is 5.82 Å². The van der Waals surface area contributed by atoms with Gasteiger partial charge in [-0.25, -0.2) is 0 Å². The van der Waals surface area contributed by atoms with Crippen LogP contribution < -0.4 is 0 Å². The molecule has 2 heterocycles. The van der Waals surface area contributed by atoms with E-state index in [1.54, 1.807) is 0 Å². The second-order valence-electron chi connectivity index (χ2n) is 7.41. The predicted octanol–water partition coefficient (Wildman–Crippen LogP) is 5.01. The lowest BCUT2D eigenvalue weighted by Gasteiger charge is -2.37. The molecular formula is C23H21N3O. The lowest BCUT2D eigenvalue weighted by molar-refractivity contribution is 0.105. The van der Waals surface area contributed by atoms with E-state index in [9.17, 15) is 0 Å². The fourth-order valence-electron chi connectivity index (χ4n) is 3.92. The minimum Gasteiger partial charge on any atom is -0.334 e. The van der Waals surface area contributed by atoms with E-state index in [0.29, 0.717) is 11.7 Å². The molecule has 1 aliphatic rings. The van der Waals surface area contributed by atoms with E-state index in [2.05, 4.69) is 58.4 Å². The Hall–Kier alpha value is -2.98. The summed E-state index contributed by atoms with van der Waals surface area (Å²) in [4.78, 5) is 7.13. The van der Waals surface area contributed by atoms with Crippen molar-refractivity contribution < 1.29 is 4.52 Å². The zero-order valence-corrected chi connectivity index (χ0v) is 15.3. The predicted molar refractivity (Wildman–Crippen MR) is 107 cm³/mol. The number of hydrogen-bond acceptors (Lipinski definition) is 4. The van der Waals surface area contributed by atoms with Crippen molar-refractivity contribution in [3.8, 4) is 22.8 Å². The maximum atomic E-state index is 5.52. The summed E-state index contributed by atoms with van der Waals surface area (Å²) in [7, 11) is 0. The van der Waals surface area contributed by atoms with E-state index >= 15 is 0 Å². The molecule has 0 bridgehead atoms. The SMILES string of the molecule is CC1CN(Cc2ccc(-c3noc(-c4ccccc4)n3)c3ccccc23)C1. The van der Waals surface area contributed by atoms with Crippen LogP contribution in [0, 0.1) is 5.92 Å². The molecule has 0 unspecified atom stereocenters. The van der Waals surface area contributed by atoms with Gasteiger partial charge in [-0.1, -0.05) is 66.7 Å². The Balaban J connectivity index is 1.54. The van der Waals surface area contributed by atoms with Crippen molar-refractivity contribution in [3.63, 3.8) is 0 Å². The van der Waals surface area contributed by atoms with Crippen molar-refractivity contribution in [2.24, 2.45) is 5.92 Å². The average Bonchev–Trinajstić information content (AvgIpc) is 3.17. The third-order valence-corrected chi connectivity index (χ3v) is 5.24. The van der Waals surface area contributed by atoms with Crippen LogP contribution >= 0.6 is 0 Å².